The van der Waals surface area contributed by atoms with Crippen LogP contribution in [0.3, 0.4) is 0 Å². The van der Waals surface area contributed by atoms with Gasteiger partial charge in [0.1, 0.15) is 0 Å². The smallest absolute Gasteiger partial charge is 0.0755 e. The van der Waals surface area contributed by atoms with Gasteiger partial charge in [-0.15, -0.1) is 0 Å². The molecule has 0 radical (unpaired) electrons. The molecule has 5 nitrogen and oxygen atoms in total. The molecule has 0 aromatic carbocycles. The zero-order valence-electron chi connectivity index (χ0n) is 8.90. The lowest BCUT2D eigenvalue weighted by molar-refractivity contribution is 0.0472. The van der Waals surface area contributed by atoms with E-state index in [4.69, 9.17) is 10.6 Å². The first kappa shape index (κ1) is 11.2. The number of ether oxygens (including phenoxy) is 1. The Balaban J connectivity index is 2.71. The summed E-state index contributed by atoms with van der Waals surface area (Å²) in [4.78, 5) is 0. The van der Waals surface area contributed by atoms with Crippen LogP contribution in [0.1, 0.15) is 25.5 Å². The molecule has 0 aliphatic rings. The molecule has 0 spiro atoms. The minimum atomic E-state index is -0.0105. The molecule has 0 saturated carbocycles. The number of nitrogens with two attached hydrogens (primary N) is 1. The number of hydrazine groups is 1. The van der Waals surface area contributed by atoms with Crippen molar-refractivity contribution in [2.24, 2.45) is 12.9 Å². The first-order valence-corrected chi connectivity index (χ1v) is 4.75. The molecule has 0 aliphatic heterocycles. The van der Waals surface area contributed by atoms with Crippen LogP contribution in [0.15, 0.2) is 12.4 Å². The average Bonchev–Trinajstić information content (AvgIpc) is 2.54. The van der Waals surface area contributed by atoms with Crippen LogP contribution in [0.25, 0.3) is 0 Å². The highest BCUT2D eigenvalue weighted by atomic mass is 16.5. The summed E-state index contributed by atoms with van der Waals surface area (Å²) in [5.41, 5.74) is 3.78. The zero-order chi connectivity index (χ0) is 10.6. The van der Waals surface area contributed by atoms with E-state index in [0.29, 0.717) is 6.61 Å². The van der Waals surface area contributed by atoms with Gasteiger partial charge in [-0.3, -0.25) is 16.0 Å². The van der Waals surface area contributed by atoms with E-state index < -0.39 is 0 Å². The van der Waals surface area contributed by atoms with Crippen LogP contribution < -0.4 is 11.3 Å². The van der Waals surface area contributed by atoms with E-state index in [9.17, 15) is 0 Å². The van der Waals surface area contributed by atoms with Gasteiger partial charge in [0, 0.05) is 25.4 Å². The predicted octanol–water partition coefficient (Wildman–Crippen LogP) is 0.350. The van der Waals surface area contributed by atoms with E-state index in [0.717, 1.165) is 5.56 Å². The number of hydrogen-bond acceptors (Lipinski definition) is 4. The second-order valence-corrected chi connectivity index (χ2v) is 3.25. The Morgan fingerprint density at radius 3 is 2.86 bits per heavy atom. The number of aromatic nitrogens is 2. The molecule has 1 aromatic heterocycles. The highest BCUT2D eigenvalue weighted by Gasteiger charge is 2.19. The van der Waals surface area contributed by atoms with Crippen molar-refractivity contribution in [2.75, 3.05) is 6.61 Å². The van der Waals surface area contributed by atoms with E-state index >= 15 is 0 Å². The monoisotopic (exact) mass is 198 g/mol. The molecule has 2 unspecified atom stereocenters. The number of rotatable bonds is 5. The molecule has 14 heavy (non-hydrogen) atoms. The van der Waals surface area contributed by atoms with Gasteiger partial charge >= 0.3 is 0 Å². The second kappa shape index (κ2) is 5.09. The minimum Gasteiger partial charge on any atom is -0.377 e. The molecular weight excluding hydrogens is 180 g/mol. The van der Waals surface area contributed by atoms with Crippen molar-refractivity contribution in [3.05, 3.63) is 18.0 Å². The van der Waals surface area contributed by atoms with E-state index in [-0.39, 0.29) is 12.1 Å². The molecule has 0 bridgehead atoms. The fourth-order valence-electron chi connectivity index (χ4n) is 1.46. The molecule has 0 amide bonds. The average molecular weight is 198 g/mol. The maximum atomic E-state index is 5.48. The third kappa shape index (κ3) is 2.54. The summed E-state index contributed by atoms with van der Waals surface area (Å²) in [6.45, 7) is 4.63. The Kier molecular flexibility index (Phi) is 4.06. The van der Waals surface area contributed by atoms with E-state index in [1.165, 1.54) is 0 Å². The van der Waals surface area contributed by atoms with Gasteiger partial charge in [-0.05, 0) is 13.8 Å². The van der Waals surface area contributed by atoms with Crippen LogP contribution in [0.5, 0.6) is 0 Å². The van der Waals surface area contributed by atoms with E-state index in [1.54, 1.807) is 10.9 Å². The van der Waals surface area contributed by atoms with Crippen LogP contribution in [0.2, 0.25) is 0 Å². The SMILES string of the molecule is CCOC(C)C(NN)c1cnn(C)c1. The molecule has 80 valence electrons. The normalized spacial score (nSPS) is 15.4. The van der Waals surface area contributed by atoms with Gasteiger partial charge < -0.3 is 4.74 Å². The summed E-state index contributed by atoms with van der Waals surface area (Å²) in [6, 6.07) is -0.0105. The number of aryl methyl sites for hydroxylation is 1. The molecule has 2 atom stereocenters. The van der Waals surface area contributed by atoms with Crippen LogP contribution in [-0.2, 0) is 11.8 Å². The molecule has 0 saturated heterocycles. The number of nitrogens with zero attached hydrogens (tertiary/aromatic N) is 2. The number of nitrogens with one attached hydrogen (secondary N) is 1. The molecule has 0 fully saturated rings. The molecule has 5 heteroatoms. The Bertz CT molecular complexity index is 274. The Hall–Kier alpha value is -0.910. The van der Waals surface area contributed by atoms with Crippen molar-refractivity contribution in [3.8, 4) is 0 Å². The van der Waals surface area contributed by atoms with Crippen molar-refractivity contribution in [3.63, 3.8) is 0 Å². The van der Waals surface area contributed by atoms with Gasteiger partial charge in [-0.1, -0.05) is 0 Å². The molecule has 1 rings (SSSR count). The van der Waals surface area contributed by atoms with Crippen LogP contribution in [-0.4, -0.2) is 22.5 Å². The Morgan fingerprint density at radius 2 is 2.43 bits per heavy atom. The maximum absolute atomic E-state index is 5.48. The predicted molar refractivity (Wildman–Crippen MR) is 54.4 cm³/mol. The molecule has 1 heterocycles. The van der Waals surface area contributed by atoms with E-state index in [1.807, 2.05) is 27.1 Å². The molecular formula is C9H18N4O. The lowest BCUT2D eigenvalue weighted by atomic mass is 10.1. The largest absolute Gasteiger partial charge is 0.377 e. The first-order valence-electron chi connectivity index (χ1n) is 4.75. The Morgan fingerprint density at radius 1 is 1.71 bits per heavy atom. The summed E-state index contributed by atoms with van der Waals surface area (Å²) < 4.78 is 7.23. The second-order valence-electron chi connectivity index (χ2n) is 3.25. The van der Waals surface area contributed by atoms with Crippen molar-refractivity contribution >= 4 is 0 Å². The summed E-state index contributed by atoms with van der Waals surface area (Å²) in [5, 5.41) is 4.09. The van der Waals surface area contributed by atoms with Crippen molar-refractivity contribution in [1.29, 1.82) is 0 Å². The zero-order valence-corrected chi connectivity index (χ0v) is 8.90. The van der Waals surface area contributed by atoms with E-state index in [2.05, 4.69) is 10.5 Å². The highest BCUT2D eigenvalue weighted by molar-refractivity contribution is 5.11. The fraction of sp³-hybridized carbons (Fsp3) is 0.667. The van der Waals surface area contributed by atoms with Gasteiger partial charge in [-0.25, -0.2) is 0 Å². The summed E-state index contributed by atoms with van der Waals surface area (Å²) >= 11 is 0. The lowest BCUT2D eigenvalue weighted by Crippen LogP contribution is -2.36. The summed E-state index contributed by atoms with van der Waals surface area (Å²) in [7, 11) is 1.88. The van der Waals surface area contributed by atoms with Gasteiger partial charge in [-0.2, -0.15) is 5.10 Å². The molecule has 0 aliphatic carbocycles. The maximum Gasteiger partial charge on any atom is 0.0755 e. The van der Waals surface area contributed by atoms with Crippen LogP contribution in [0, 0.1) is 0 Å². The van der Waals surface area contributed by atoms with Gasteiger partial charge in [0.05, 0.1) is 18.3 Å². The molecule has 3 N–H and O–H groups in total. The first-order chi connectivity index (χ1) is 6.69. The highest BCUT2D eigenvalue weighted by Crippen LogP contribution is 2.17. The van der Waals surface area contributed by atoms with Crippen molar-refractivity contribution in [2.45, 2.75) is 26.0 Å². The lowest BCUT2D eigenvalue weighted by Gasteiger charge is -2.21. The number of hydrogen-bond donors (Lipinski definition) is 2. The fourth-order valence-corrected chi connectivity index (χ4v) is 1.46. The standard InChI is InChI=1S/C9H18N4O/c1-4-14-7(2)9(12-10)8-5-11-13(3)6-8/h5-7,9,12H,4,10H2,1-3H3. The Labute approximate surface area is 84.2 Å². The summed E-state index contributed by atoms with van der Waals surface area (Å²) in [6.07, 6.45) is 3.76. The quantitative estimate of drug-likeness (QED) is 0.529. The molecule has 1 aromatic rings. The van der Waals surface area contributed by atoms with Gasteiger partial charge in [0.25, 0.3) is 0 Å². The van der Waals surface area contributed by atoms with Crippen molar-refractivity contribution < 1.29 is 4.74 Å². The van der Waals surface area contributed by atoms with Gasteiger partial charge in [0.2, 0.25) is 0 Å². The van der Waals surface area contributed by atoms with Crippen LogP contribution >= 0.6 is 0 Å². The third-order valence-corrected chi connectivity index (χ3v) is 2.16. The summed E-state index contributed by atoms with van der Waals surface area (Å²) in [5.74, 6) is 5.48. The van der Waals surface area contributed by atoms with Crippen molar-refractivity contribution in [1.82, 2.24) is 15.2 Å². The van der Waals surface area contributed by atoms with Crippen LogP contribution in [0.4, 0.5) is 0 Å². The topological polar surface area (TPSA) is 65.1 Å². The minimum absolute atomic E-state index is 0.0105. The third-order valence-electron chi connectivity index (χ3n) is 2.16. The van der Waals surface area contributed by atoms with Gasteiger partial charge in [0.15, 0.2) is 0 Å².